The van der Waals surface area contributed by atoms with Gasteiger partial charge in [0, 0.05) is 61.0 Å². The third kappa shape index (κ3) is 5.56. The van der Waals surface area contributed by atoms with Gasteiger partial charge in [-0.1, -0.05) is 12.1 Å². The van der Waals surface area contributed by atoms with E-state index in [0.29, 0.717) is 35.6 Å². The molecule has 39 heavy (non-hydrogen) atoms. The number of carbonyl (C=O) groups excluding carboxylic acids is 1. The van der Waals surface area contributed by atoms with Crippen LogP contribution in [0.4, 0.5) is 20.2 Å². The highest BCUT2D eigenvalue weighted by Crippen LogP contribution is 2.35. The van der Waals surface area contributed by atoms with Crippen LogP contribution in [0.5, 0.6) is 5.75 Å². The lowest BCUT2D eigenvalue weighted by molar-refractivity contribution is 0.102. The number of methoxy groups -OCH3 is 1. The van der Waals surface area contributed by atoms with Crippen molar-refractivity contribution in [2.75, 3.05) is 37.0 Å². The van der Waals surface area contributed by atoms with Gasteiger partial charge in [0.2, 0.25) is 0 Å². The molecule has 200 valence electrons. The van der Waals surface area contributed by atoms with Crippen LogP contribution >= 0.6 is 0 Å². The largest absolute Gasteiger partial charge is 0.496 e. The first kappa shape index (κ1) is 26.2. The van der Waals surface area contributed by atoms with Gasteiger partial charge in [-0.3, -0.25) is 9.78 Å². The maximum absolute atomic E-state index is 15.4. The summed E-state index contributed by atoms with van der Waals surface area (Å²) in [5.74, 6) is -1.41. The van der Waals surface area contributed by atoms with Crippen molar-refractivity contribution in [3.8, 4) is 28.3 Å². The minimum atomic E-state index is -0.581. The van der Waals surface area contributed by atoms with Crippen molar-refractivity contribution in [3.05, 3.63) is 83.9 Å². The number of ether oxygens (including phenoxy) is 1. The zero-order chi connectivity index (χ0) is 27.5. The van der Waals surface area contributed by atoms with Gasteiger partial charge in [-0.05, 0) is 44.2 Å². The number of amides is 1. The van der Waals surface area contributed by atoms with Crippen molar-refractivity contribution in [2.45, 2.75) is 19.9 Å². The van der Waals surface area contributed by atoms with Crippen LogP contribution in [0.3, 0.4) is 0 Å². The molecule has 2 aromatic carbocycles. The molecule has 2 aromatic heterocycles. The number of hydrogen-bond acceptors (Lipinski definition) is 7. The summed E-state index contributed by atoms with van der Waals surface area (Å²) in [6.07, 6.45) is 3.01. The molecule has 3 heterocycles. The van der Waals surface area contributed by atoms with Crippen LogP contribution in [0.15, 0.2) is 60.9 Å². The van der Waals surface area contributed by atoms with Crippen molar-refractivity contribution < 1.29 is 18.3 Å². The van der Waals surface area contributed by atoms with Crippen molar-refractivity contribution in [1.82, 2.24) is 20.3 Å². The monoisotopic (exact) mass is 530 g/mol. The average Bonchev–Trinajstić information content (AvgIpc) is 2.93. The van der Waals surface area contributed by atoms with Gasteiger partial charge in [-0.25, -0.2) is 18.7 Å². The summed E-state index contributed by atoms with van der Waals surface area (Å²) in [5.41, 5.74) is 2.89. The summed E-state index contributed by atoms with van der Waals surface area (Å²) < 4.78 is 35.3. The van der Waals surface area contributed by atoms with Crippen LogP contribution in [-0.4, -0.2) is 53.6 Å². The number of aryl methyl sites for hydroxylation is 1. The summed E-state index contributed by atoms with van der Waals surface area (Å²) in [6, 6.07) is 12.7. The standard InChI is InChI=1S/C29H28F2N6O2/c1-17-7-8-19(15-34-17)20-13-25(37-12-11-32-18(2)16-37)24(14-22(20)31)36-29(38)23-9-10-33-28(35-23)27-21(30)5-4-6-26(27)39-3/h4-10,13-15,18,32H,11-12,16H2,1-3H3,(H,36,38)/t18-/m0/s1. The summed E-state index contributed by atoms with van der Waals surface area (Å²) in [7, 11) is 1.41. The molecule has 1 atom stereocenters. The van der Waals surface area contributed by atoms with E-state index in [1.54, 1.807) is 18.3 Å². The normalized spacial score (nSPS) is 15.2. The Balaban J connectivity index is 1.52. The highest BCUT2D eigenvalue weighted by molar-refractivity contribution is 6.05. The second-order valence-corrected chi connectivity index (χ2v) is 9.38. The van der Waals surface area contributed by atoms with Gasteiger partial charge in [-0.15, -0.1) is 0 Å². The Morgan fingerprint density at radius 1 is 1.13 bits per heavy atom. The third-order valence-corrected chi connectivity index (χ3v) is 6.57. The molecule has 1 saturated heterocycles. The minimum Gasteiger partial charge on any atom is -0.496 e. The number of halogens is 2. The lowest BCUT2D eigenvalue weighted by atomic mass is 10.0. The van der Waals surface area contributed by atoms with E-state index in [9.17, 15) is 9.18 Å². The number of piperazine rings is 1. The predicted molar refractivity (Wildman–Crippen MR) is 146 cm³/mol. The van der Waals surface area contributed by atoms with Crippen molar-refractivity contribution in [1.29, 1.82) is 0 Å². The number of aromatic nitrogens is 3. The van der Waals surface area contributed by atoms with Gasteiger partial charge in [-0.2, -0.15) is 0 Å². The van der Waals surface area contributed by atoms with Crippen LogP contribution in [-0.2, 0) is 0 Å². The Morgan fingerprint density at radius 3 is 2.72 bits per heavy atom. The van der Waals surface area contributed by atoms with E-state index >= 15 is 4.39 Å². The van der Waals surface area contributed by atoms with Gasteiger partial charge in [0.25, 0.3) is 5.91 Å². The molecule has 1 aliphatic rings. The maximum atomic E-state index is 15.4. The van der Waals surface area contributed by atoms with Gasteiger partial charge < -0.3 is 20.3 Å². The molecular formula is C29H28F2N6O2. The second kappa shape index (κ2) is 11.1. The quantitative estimate of drug-likeness (QED) is 0.368. The Kier molecular flexibility index (Phi) is 7.47. The molecular weight excluding hydrogens is 502 g/mol. The zero-order valence-electron chi connectivity index (χ0n) is 21.8. The highest BCUT2D eigenvalue weighted by atomic mass is 19.1. The molecule has 1 aliphatic heterocycles. The lowest BCUT2D eigenvalue weighted by Gasteiger charge is -2.35. The number of carbonyl (C=O) groups is 1. The average molecular weight is 531 g/mol. The van der Waals surface area contributed by atoms with E-state index in [2.05, 4.69) is 37.4 Å². The minimum absolute atomic E-state index is 0.00199. The van der Waals surface area contributed by atoms with Crippen LogP contribution in [0.2, 0.25) is 0 Å². The zero-order valence-corrected chi connectivity index (χ0v) is 21.8. The number of anilines is 2. The molecule has 0 spiro atoms. The molecule has 8 nitrogen and oxygen atoms in total. The van der Waals surface area contributed by atoms with Crippen LogP contribution < -0.4 is 20.3 Å². The molecule has 0 unspecified atom stereocenters. The molecule has 0 radical (unpaired) electrons. The molecule has 0 aliphatic carbocycles. The summed E-state index contributed by atoms with van der Waals surface area (Å²) in [4.78, 5) is 28.2. The van der Waals surface area contributed by atoms with E-state index in [4.69, 9.17) is 4.74 Å². The number of hydrogen-bond donors (Lipinski definition) is 2. The van der Waals surface area contributed by atoms with Crippen molar-refractivity contribution >= 4 is 17.3 Å². The third-order valence-electron chi connectivity index (χ3n) is 6.57. The number of nitrogens with one attached hydrogen (secondary N) is 2. The number of rotatable bonds is 6. The lowest BCUT2D eigenvalue weighted by Crippen LogP contribution is -2.49. The molecule has 2 N–H and O–H groups in total. The Morgan fingerprint density at radius 2 is 1.97 bits per heavy atom. The van der Waals surface area contributed by atoms with Crippen molar-refractivity contribution in [2.24, 2.45) is 0 Å². The van der Waals surface area contributed by atoms with Crippen LogP contribution in [0, 0.1) is 18.6 Å². The molecule has 10 heteroatoms. The summed E-state index contributed by atoms with van der Waals surface area (Å²) in [6.45, 7) is 6.03. The van der Waals surface area contributed by atoms with Gasteiger partial charge in [0.05, 0.1) is 24.0 Å². The Hall–Kier alpha value is -4.44. The fraction of sp³-hybridized carbons (Fsp3) is 0.241. The number of benzene rings is 2. The molecule has 5 rings (SSSR count). The first-order chi connectivity index (χ1) is 18.8. The van der Waals surface area contributed by atoms with Gasteiger partial charge >= 0.3 is 0 Å². The molecule has 1 fully saturated rings. The molecule has 4 aromatic rings. The Labute approximate surface area is 225 Å². The van der Waals surface area contributed by atoms with Crippen LogP contribution in [0.25, 0.3) is 22.5 Å². The highest BCUT2D eigenvalue weighted by Gasteiger charge is 2.23. The first-order valence-corrected chi connectivity index (χ1v) is 12.6. The first-order valence-electron chi connectivity index (χ1n) is 12.6. The van der Waals surface area contributed by atoms with E-state index < -0.39 is 17.5 Å². The SMILES string of the molecule is COc1cccc(F)c1-c1nccc(C(=O)Nc2cc(F)c(-c3ccc(C)nc3)cc2N2CCN[C@@H](C)C2)n1. The van der Waals surface area contributed by atoms with Crippen molar-refractivity contribution in [3.63, 3.8) is 0 Å². The fourth-order valence-corrected chi connectivity index (χ4v) is 4.61. The van der Waals surface area contributed by atoms with Gasteiger partial charge in [0.15, 0.2) is 5.82 Å². The fourth-order valence-electron chi connectivity index (χ4n) is 4.61. The second-order valence-electron chi connectivity index (χ2n) is 9.38. The maximum Gasteiger partial charge on any atom is 0.274 e. The Bertz CT molecular complexity index is 1510. The number of pyridine rings is 1. The topological polar surface area (TPSA) is 92.3 Å². The molecule has 0 saturated carbocycles. The molecule has 1 amide bonds. The molecule has 0 bridgehead atoms. The summed E-state index contributed by atoms with van der Waals surface area (Å²) in [5, 5.41) is 6.21. The van der Waals surface area contributed by atoms with E-state index in [1.807, 2.05) is 19.1 Å². The van der Waals surface area contributed by atoms with E-state index in [1.165, 1.54) is 37.6 Å². The number of nitrogens with zero attached hydrogens (tertiary/aromatic N) is 4. The van der Waals surface area contributed by atoms with Crippen LogP contribution in [0.1, 0.15) is 23.1 Å². The van der Waals surface area contributed by atoms with E-state index in [-0.39, 0.29) is 28.9 Å². The van der Waals surface area contributed by atoms with E-state index in [0.717, 1.165) is 12.2 Å². The van der Waals surface area contributed by atoms with Gasteiger partial charge in [0.1, 0.15) is 23.1 Å². The summed E-state index contributed by atoms with van der Waals surface area (Å²) >= 11 is 0. The smallest absolute Gasteiger partial charge is 0.274 e. The predicted octanol–water partition coefficient (Wildman–Crippen LogP) is 4.85.